The number of carbonyl (C=O) groups excluding carboxylic acids is 3. The summed E-state index contributed by atoms with van der Waals surface area (Å²) in [6, 6.07) is 8.06. The molecule has 0 aliphatic carbocycles. The molecule has 0 atom stereocenters. The highest BCUT2D eigenvalue weighted by molar-refractivity contribution is 5.96. The van der Waals surface area contributed by atoms with Gasteiger partial charge in [0.2, 0.25) is 0 Å². The minimum atomic E-state index is -0.714. The second-order valence-corrected chi connectivity index (χ2v) is 6.42. The van der Waals surface area contributed by atoms with Crippen LogP contribution >= 0.6 is 0 Å². The maximum absolute atomic E-state index is 12.4. The first-order valence-electron chi connectivity index (χ1n) is 8.60. The largest absolute Gasteiger partial charge is 0.452 e. The predicted octanol–water partition coefficient (Wildman–Crippen LogP) is 1.99. The zero-order valence-corrected chi connectivity index (χ0v) is 15.5. The zero-order chi connectivity index (χ0) is 19.6. The van der Waals surface area contributed by atoms with Gasteiger partial charge in [-0.15, -0.1) is 0 Å². The van der Waals surface area contributed by atoms with E-state index in [0.29, 0.717) is 23.5 Å². The first-order valence-corrected chi connectivity index (χ1v) is 8.60. The average molecular weight is 371 g/mol. The molecule has 8 nitrogen and oxygen atoms in total. The molecular weight excluding hydrogens is 350 g/mol. The first kappa shape index (κ1) is 18.6. The summed E-state index contributed by atoms with van der Waals surface area (Å²) < 4.78 is 11.5. The Morgan fingerprint density at radius 1 is 1.19 bits per heavy atom. The van der Waals surface area contributed by atoms with Gasteiger partial charge in [-0.25, -0.2) is 14.5 Å². The van der Waals surface area contributed by atoms with E-state index < -0.39 is 24.6 Å². The Kier molecular flexibility index (Phi) is 5.25. The molecule has 0 spiro atoms. The smallest absolute Gasteiger partial charge is 0.416 e. The van der Waals surface area contributed by atoms with Crippen molar-refractivity contribution in [3.8, 4) is 0 Å². The molecule has 1 aromatic carbocycles. The minimum Gasteiger partial charge on any atom is -0.452 e. The van der Waals surface area contributed by atoms with Crippen molar-refractivity contribution in [2.75, 3.05) is 19.8 Å². The Bertz CT molecular complexity index is 885. The lowest BCUT2D eigenvalue weighted by Gasteiger charge is -2.11. The number of cyclic esters (lactones) is 1. The molecule has 1 saturated heterocycles. The Balaban J connectivity index is 1.68. The topological polar surface area (TPSA) is 90.7 Å². The van der Waals surface area contributed by atoms with Gasteiger partial charge in [0.1, 0.15) is 12.2 Å². The van der Waals surface area contributed by atoms with E-state index >= 15 is 0 Å². The van der Waals surface area contributed by atoms with Gasteiger partial charge in [0.05, 0.1) is 24.5 Å². The number of rotatable bonds is 5. The number of imide groups is 1. The van der Waals surface area contributed by atoms with Gasteiger partial charge in [0, 0.05) is 0 Å². The summed E-state index contributed by atoms with van der Waals surface area (Å²) in [4.78, 5) is 36.7. The number of aryl methyl sites for hydroxylation is 2. The monoisotopic (exact) mass is 371 g/mol. The lowest BCUT2D eigenvalue weighted by Crippen LogP contribution is -2.35. The fraction of sp³-hybridized carbons (Fsp3) is 0.368. The molecule has 142 valence electrons. The number of ether oxygens (including phenoxy) is 2. The standard InChI is InChI=1S/C19H21N3O5/c1-12-4-6-15(7-5-12)10-22-14(3)17(13(2)20-22)18(24)27-11-16(23)21-8-9-26-19(21)25/h4-7H,8-11H2,1-3H3. The number of benzene rings is 1. The molecule has 27 heavy (non-hydrogen) atoms. The van der Waals surface area contributed by atoms with Gasteiger partial charge in [-0.3, -0.25) is 9.48 Å². The fourth-order valence-corrected chi connectivity index (χ4v) is 2.91. The summed E-state index contributed by atoms with van der Waals surface area (Å²) in [5, 5.41) is 4.41. The molecule has 0 saturated carbocycles. The molecule has 1 fully saturated rings. The van der Waals surface area contributed by atoms with Crippen molar-refractivity contribution in [1.82, 2.24) is 14.7 Å². The molecule has 2 amide bonds. The Labute approximate surface area is 156 Å². The van der Waals surface area contributed by atoms with E-state index in [1.54, 1.807) is 18.5 Å². The van der Waals surface area contributed by atoms with E-state index in [9.17, 15) is 14.4 Å². The maximum Gasteiger partial charge on any atom is 0.416 e. The Morgan fingerprint density at radius 3 is 2.52 bits per heavy atom. The molecule has 0 N–H and O–H groups in total. The van der Waals surface area contributed by atoms with Crippen molar-refractivity contribution in [3.05, 3.63) is 52.3 Å². The molecule has 0 unspecified atom stereocenters. The third kappa shape index (κ3) is 3.99. The Morgan fingerprint density at radius 2 is 1.89 bits per heavy atom. The predicted molar refractivity (Wildman–Crippen MR) is 95.3 cm³/mol. The van der Waals surface area contributed by atoms with Crippen LogP contribution in [-0.4, -0.2) is 52.4 Å². The molecule has 0 bridgehead atoms. The average Bonchev–Trinajstić information content (AvgIpc) is 3.18. The van der Waals surface area contributed by atoms with Crippen LogP contribution in [0, 0.1) is 20.8 Å². The van der Waals surface area contributed by atoms with Gasteiger partial charge in [-0.2, -0.15) is 5.10 Å². The number of hydrogen-bond acceptors (Lipinski definition) is 6. The number of nitrogens with zero attached hydrogens (tertiary/aromatic N) is 3. The minimum absolute atomic E-state index is 0.155. The highest BCUT2D eigenvalue weighted by atomic mass is 16.6. The van der Waals surface area contributed by atoms with Crippen molar-refractivity contribution < 1.29 is 23.9 Å². The normalized spacial score (nSPS) is 13.6. The molecule has 1 aromatic heterocycles. The quantitative estimate of drug-likeness (QED) is 0.747. The number of carbonyl (C=O) groups is 3. The van der Waals surface area contributed by atoms with Crippen molar-refractivity contribution in [2.45, 2.75) is 27.3 Å². The van der Waals surface area contributed by atoms with E-state index in [-0.39, 0.29) is 13.2 Å². The van der Waals surface area contributed by atoms with Crippen LogP contribution in [0.2, 0.25) is 0 Å². The second-order valence-electron chi connectivity index (χ2n) is 6.42. The summed E-state index contributed by atoms with van der Waals surface area (Å²) in [6.07, 6.45) is -0.714. The van der Waals surface area contributed by atoms with Crippen LogP contribution in [0.3, 0.4) is 0 Å². The molecule has 1 aliphatic heterocycles. The van der Waals surface area contributed by atoms with Crippen molar-refractivity contribution in [3.63, 3.8) is 0 Å². The maximum atomic E-state index is 12.4. The van der Waals surface area contributed by atoms with Crippen molar-refractivity contribution in [2.24, 2.45) is 0 Å². The van der Waals surface area contributed by atoms with E-state index in [1.165, 1.54) is 5.56 Å². The van der Waals surface area contributed by atoms with Gasteiger partial charge in [0.25, 0.3) is 5.91 Å². The van der Waals surface area contributed by atoms with Crippen LogP contribution in [0.1, 0.15) is 32.9 Å². The van der Waals surface area contributed by atoms with Crippen LogP contribution in [-0.2, 0) is 20.8 Å². The number of hydrogen-bond donors (Lipinski definition) is 0. The zero-order valence-electron chi connectivity index (χ0n) is 15.5. The number of esters is 1. The third-order valence-corrected chi connectivity index (χ3v) is 4.43. The van der Waals surface area contributed by atoms with Crippen LogP contribution in [0.15, 0.2) is 24.3 Å². The Hall–Kier alpha value is -3.16. The molecule has 2 aromatic rings. The highest BCUT2D eigenvalue weighted by Gasteiger charge is 2.29. The van der Waals surface area contributed by atoms with E-state index in [1.807, 2.05) is 31.2 Å². The summed E-state index contributed by atoms with van der Waals surface area (Å²) in [7, 11) is 0. The van der Waals surface area contributed by atoms with Gasteiger partial charge in [-0.1, -0.05) is 29.8 Å². The van der Waals surface area contributed by atoms with Crippen LogP contribution in [0.25, 0.3) is 0 Å². The lowest BCUT2D eigenvalue weighted by molar-refractivity contribution is -0.131. The first-order chi connectivity index (χ1) is 12.9. The van der Waals surface area contributed by atoms with E-state index in [0.717, 1.165) is 10.5 Å². The van der Waals surface area contributed by atoms with Gasteiger partial charge >= 0.3 is 12.1 Å². The second kappa shape index (κ2) is 7.61. The fourth-order valence-electron chi connectivity index (χ4n) is 2.91. The SMILES string of the molecule is Cc1ccc(Cn2nc(C)c(C(=O)OCC(=O)N3CCOC3=O)c2C)cc1. The number of aromatic nitrogens is 2. The van der Waals surface area contributed by atoms with E-state index in [4.69, 9.17) is 9.47 Å². The molecular formula is C19H21N3O5. The highest BCUT2D eigenvalue weighted by Crippen LogP contribution is 2.17. The summed E-state index contributed by atoms with van der Waals surface area (Å²) >= 11 is 0. The van der Waals surface area contributed by atoms with Crippen LogP contribution < -0.4 is 0 Å². The van der Waals surface area contributed by atoms with Crippen LogP contribution in [0.5, 0.6) is 0 Å². The van der Waals surface area contributed by atoms with E-state index in [2.05, 4.69) is 5.10 Å². The van der Waals surface area contributed by atoms with Gasteiger partial charge < -0.3 is 9.47 Å². The summed E-state index contributed by atoms with van der Waals surface area (Å²) in [5.41, 5.74) is 3.75. The molecule has 8 heteroatoms. The molecule has 2 heterocycles. The van der Waals surface area contributed by atoms with Crippen LogP contribution in [0.4, 0.5) is 4.79 Å². The lowest BCUT2D eigenvalue weighted by atomic mass is 10.1. The molecule has 3 rings (SSSR count). The molecule has 1 aliphatic rings. The summed E-state index contributed by atoms with van der Waals surface area (Å²) in [6.45, 7) is 5.85. The van der Waals surface area contributed by atoms with Gasteiger partial charge in [-0.05, 0) is 26.3 Å². The van der Waals surface area contributed by atoms with Crippen molar-refractivity contribution >= 4 is 18.0 Å². The van der Waals surface area contributed by atoms with Crippen molar-refractivity contribution in [1.29, 1.82) is 0 Å². The number of amides is 2. The van der Waals surface area contributed by atoms with Gasteiger partial charge in [0.15, 0.2) is 6.61 Å². The molecule has 0 radical (unpaired) electrons. The summed E-state index contributed by atoms with van der Waals surface area (Å²) in [5.74, 6) is -1.24. The third-order valence-electron chi connectivity index (χ3n) is 4.43.